The fraction of sp³-hybridized carbons (Fsp3) is 1.00. The highest BCUT2D eigenvalue weighted by Crippen LogP contribution is 1.96. The molecule has 2 N–H and O–H groups in total. The van der Waals surface area contributed by atoms with E-state index in [-0.39, 0.29) is 12.6 Å². The van der Waals surface area contributed by atoms with Gasteiger partial charge in [0.15, 0.2) is 0 Å². The molecule has 0 radical (unpaired) electrons. The second-order valence-corrected chi connectivity index (χ2v) is 1.76. The van der Waals surface area contributed by atoms with Gasteiger partial charge in [0.2, 0.25) is 0 Å². The number of nitrogens with two attached hydrogens (primary N) is 1. The lowest BCUT2D eigenvalue weighted by Crippen LogP contribution is -2.26. The minimum atomic E-state index is -2.69. The van der Waals surface area contributed by atoms with Crippen molar-refractivity contribution in [3.05, 3.63) is 0 Å². The maximum Gasteiger partial charge on any atom is 0.345 e. The Labute approximate surface area is 53.0 Å². The monoisotopic (exact) mass is 139 g/mol. The summed E-state index contributed by atoms with van der Waals surface area (Å²) in [6.07, 6.45) is 0.659. The summed E-state index contributed by atoms with van der Waals surface area (Å²) in [7, 11) is 0. The first-order valence-electron chi connectivity index (χ1n) is 2.82. The fourth-order valence-corrected chi connectivity index (χ4v) is 0.314. The molecule has 0 aliphatic rings. The van der Waals surface area contributed by atoms with Crippen LogP contribution in [-0.2, 0) is 4.74 Å². The molecular formula is C5H11F2NO. The van der Waals surface area contributed by atoms with Gasteiger partial charge in [-0.15, -0.1) is 0 Å². The lowest BCUT2D eigenvalue weighted by Gasteiger charge is -2.07. The van der Waals surface area contributed by atoms with E-state index in [1.54, 1.807) is 0 Å². The van der Waals surface area contributed by atoms with Crippen LogP contribution in [0.25, 0.3) is 0 Å². The minimum absolute atomic E-state index is 0.0613. The Hall–Kier alpha value is -0.220. The van der Waals surface area contributed by atoms with Crippen molar-refractivity contribution in [1.29, 1.82) is 0 Å². The zero-order chi connectivity index (χ0) is 7.28. The van der Waals surface area contributed by atoms with Gasteiger partial charge in [0.1, 0.15) is 0 Å². The average molecular weight is 139 g/mol. The van der Waals surface area contributed by atoms with Crippen molar-refractivity contribution in [1.82, 2.24) is 0 Å². The molecule has 1 atom stereocenters. The number of rotatable bonds is 4. The van der Waals surface area contributed by atoms with Gasteiger partial charge in [-0.1, -0.05) is 6.92 Å². The standard InChI is InChI=1S/C5H11F2NO/c1-2-4(8)3-9-5(6)7/h4-5H,2-3,8H2,1H3. The van der Waals surface area contributed by atoms with E-state index in [4.69, 9.17) is 5.73 Å². The first kappa shape index (κ1) is 8.78. The van der Waals surface area contributed by atoms with Crippen molar-refractivity contribution in [3.63, 3.8) is 0 Å². The van der Waals surface area contributed by atoms with E-state index in [2.05, 4.69) is 4.74 Å². The van der Waals surface area contributed by atoms with Crippen LogP contribution in [0.5, 0.6) is 0 Å². The van der Waals surface area contributed by atoms with Crippen LogP contribution in [0, 0.1) is 0 Å². The van der Waals surface area contributed by atoms with Crippen molar-refractivity contribution in [2.45, 2.75) is 26.0 Å². The topological polar surface area (TPSA) is 35.2 Å². The lowest BCUT2D eigenvalue weighted by atomic mass is 10.3. The summed E-state index contributed by atoms with van der Waals surface area (Å²) < 4.78 is 26.4. The molecule has 56 valence electrons. The Kier molecular flexibility index (Phi) is 4.53. The molecule has 0 saturated heterocycles. The second kappa shape index (κ2) is 4.64. The average Bonchev–Trinajstić information content (AvgIpc) is 1.83. The quantitative estimate of drug-likeness (QED) is 0.629. The Balaban J connectivity index is 3.06. The van der Waals surface area contributed by atoms with E-state index in [0.717, 1.165) is 0 Å². The minimum Gasteiger partial charge on any atom is -0.326 e. The number of halogens is 2. The van der Waals surface area contributed by atoms with Crippen molar-refractivity contribution >= 4 is 0 Å². The summed E-state index contributed by atoms with van der Waals surface area (Å²) in [4.78, 5) is 0. The van der Waals surface area contributed by atoms with Crippen LogP contribution in [0.4, 0.5) is 8.78 Å². The SMILES string of the molecule is CCC(N)COC(F)F. The lowest BCUT2D eigenvalue weighted by molar-refractivity contribution is -0.132. The summed E-state index contributed by atoms with van der Waals surface area (Å²) in [5.74, 6) is 0. The summed E-state index contributed by atoms with van der Waals surface area (Å²) >= 11 is 0. The van der Waals surface area contributed by atoms with E-state index in [1.165, 1.54) is 0 Å². The Morgan fingerprint density at radius 1 is 1.56 bits per heavy atom. The van der Waals surface area contributed by atoms with Gasteiger partial charge in [-0.25, -0.2) is 0 Å². The third-order valence-electron chi connectivity index (χ3n) is 0.961. The smallest absolute Gasteiger partial charge is 0.326 e. The largest absolute Gasteiger partial charge is 0.345 e. The molecule has 0 rings (SSSR count). The molecule has 0 aromatic heterocycles. The summed E-state index contributed by atoms with van der Waals surface area (Å²) in [5, 5.41) is 0. The second-order valence-electron chi connectivity index (χ2n) is 1.76. The van der Waals surface area contributed by atoms with Crippen molar-refractivity contribution < 1.29 is 13.5 Å². The van der Waals surface area contributed by atoms with E-state index in [0.29, 0.717) is 6.42 Å². The summed E-state index contributed by atoms with van der Waals surface area (Å²) in [6, 6.07) is -0.265. The molecule has 0 spiro atoms. The van der Waals surface area contributed by atoms with Gasteiger partial charge in [0.05, 0.1) is 6.61 Å². The van der Waals surface area contributed by atoms with E-state index in [9.17, 15) is 8.78 Å². The van der Waals surface area contributed by atoms with Gasteiger partial charge in [-0.2, -0.15) is 8.78 Å². The Morgan fingerprint density at radius 3 is 2.44 bits per heavy atom. The predicted octanol–water partition coefficient (Wildman–Crippen LogP) is 0.963. The molecule has 1 unspecified atom stereocenters. The van der Waals surface area contributed by atoms with Crippen LogP contribution >= 0.6 is 0 Å². The first-order valence-corrected chi connectivity index (χ1v) is 2.82. The molecule has 0 fully saturated rings. The van der Waals surface area contributed by atoms with Crippen molar-refractivity contribution in [2.75, 3.05) is 6.61 Å². The molecule has 0 aliphatic heterocycles. The molecular weight excluding hydrogens is 128 g/mol. The number of alkyl halides is 2. The third kappa shape index (κ3) is 5.65. The van der Waals surface area contributed by atoms with Gasteiger partial charge in [0.25, 0.3) is 0 Å². The summed E-state index contributed by atoms with van der Waals surface area (Å²) in [5.41, 5.74) is 5.26. The van der Waals surface area contributed by atoms with Gasteiger partial charge >= 0.3 is 6.61 Å². The van der Waals surface area contributed by atoms with E-state index in [1.807, 2.05) is 6.92 Å². The molecule has 0 aromatic rings. The molecule has 0 heterocycles. The molecule has 0 aliphatic carbocycles. The zero-order valence-corrected chi connectivity index (χ0v) is 5.31. The van der Waals surface area contributed by atoms with Gasteiger partial charge < -0.3 is 10.5 Å². The predicted molar refractivity (Wildman–Crippen MR) is 30.2 cm³/mol. The molecule has 0 amide bonds. The first-order chi connectivity index (χ1) is 4.16. The molecule has 9 heavy (non-hydrogen) atoms. The van der Waals surface area contributed by atoms with E-state index < -0.39 is 6.61 Å². The molecule has 2 nitrogen and oxygen atoms in total. The molecule has 4 heteroatoms. The number of hydrogen-bond acceptors (Lipinski definition) is 2. The van der Waals surface area contributed by atoms with Crippen LogP contribution in [0.1, 0.15) is 13.3 Å². The van der Waals surface area contributed by atoms with Gasteiger partial charge in [-0.3, -0.25) is 0 Å². The molecule has 0 saturated carbocycles. The van der Waals surface area contributed by atoms with Crippen LogP contribution in [-0.4, -0.2) is 19.3 Å². The zero-order valence-electron chi connectivity index (χ0n) is 5.31. The van der Waals surface area contributed by atoms with Gasteiger partial charge in [-0.05, 0) is 6.42 Å². The number of hydrogen-bond donors (Lipinski definition) is 1. The highest BCUT2D eigenvalue weighted by molar-refractivity contribution is 4.54. The molecule has 0 aromatic carbocycles. The molecule has 0 bridgehead atoms. The highest BCUT2D eigenvalue weighted by atomic mass is 19.3. The van der Waals surface area contributed by atoms with E-state index >= 15 is 0 Å². The maximum atomic E-state index is 11.3. The highest BCUT2D eigenvalue weighted by Gasteiger charge is 2.04. The fourth-order valence-electron chi connectivity index (χ4n) is 0.314. The van der Waals surface area contributed by atoms with Crippen LogP contribution in [0.3, 0.4) is 0 Å². The Morgan fingerprint density at radius 2 is 2.11 bits per heavy atom. The van der Waals surface area contributed by atoms with Crippen molar-refractivity contribution in [3.8, 4) is 0 Å². The summed E-state index contributed by atoms with van der Waals surface area (Å²) in [6.45, 7) is -0.934. The third-order valence-corrected chi connectivity index (χ3v) is 0.961. The van der Waals surface area contributed by atoms with Gasteiger partial charge in [0, 0.05) is 6.04 Å². The van der Waals surface area contributed by atoms with Crippen LogP contribution in [0.2, 0.25) is 0 Å². The van der Waals surface area contributed by atoms with Crippen molar-refractivity contribution in [2.24, 2.45) is 5.73 Å². The maximum absolute atomic E-state index is 11.3. The van der Waals surface area contributed by atoms with Crippen LogP contribution < -0.4 is 5.73 Å². The van der Waals surface area contributed by atoms with Crippen LogP contribution in [0.15, 0.2) is 0 Å². The Bertz CT molecular complexity index is 70.0. The normalized spacial score (nSPS) is 14.3. The number of ether oxygens (including phenoxy) is 1.